The molecule has 1 saturated carbocycles. The van der Waals surface area contributed by atoms with Crippen molar-refractivity contribution in [2.45, 2.75) is 42.9 Å². The average molecular weight is 504 g/mol. The fourth-order valence-electron chi connectivity index (χ4n) is 4.84. The first-order valence-electron chi connectivity index (χ1n) is 11.4. The molecule has 0 bridgehead atoms. The van der Waals surface area contributed by atoms with Crippen LogP contribution in [0.5, 0.6) is 0 Å². The number of piperidine rings is 1. The van der Waals surface area contributed by atoms with Gasteiger partial charge in [-0.3, -0.25) is 4.90 Å². The van der Waals surface area contributed by atoms with Gasteiger partial charge in [0.1, 0.15) is 12.2 Å². The number of nitrogens with one attached hydrogen (secondary N) is 1. The number of nitriles is 1. The third kappa shape index (κ3) is 3.99. The summed E-state index contributed by atoms with van der Waals surface area (Å²) >= 11 is 6.25. The van der Waals surface area contributed by atoms with Crippen LogP contribution in [0.3, 0.4) is 0 Å². The highest BCUT2D eigenvalue weighted by atomic mass is 35.5. The first-order valence-corrected chi connectivity index (χ1v) is 11.8. The van der Waals surface area contributed by atoms with Gasteiger partial charge in [0.05, 0.1) is 48.3 Å². The Bertz CT molecular complexity index is 1340. The Hall–Kier alpha value is -2.94. The van der Waals surface area contributed by atoms with Crippen molar-refractivity contribution in [1.29, 1.82) is 5.26 Å². The Morgan fingerprint density at radius 3 is 2.71 bits per heavy atom. The van der Waals surface area contributed by atoms with Crippen molar-refractivity contribution in [3.05, 3.63) is 40.8 Å². The number of aromatic nitrogens is 4. The molecule has 1 aliphatic carbocycles. The molecule has 2 aliphatic heterocycles. The van der Waals surface area contributed by atoms with Crippen molar-refractivity contribution >= 4 is 34.1 Å². The predicted octanol–water partition coefficient (Wildman–Crippen LogP) is 4.20. The molecule has 1 aromatic carbocycles. The van der Waals surface area contributed by atoms with E-state index in [9.17, 15) is 14.0 Å². The molecule has 0 radical (unpaired) electrons. The molecule has 3 aliphatic rings. The molecule has 1 N–H and O–H groups in total. The quantitative estimate of drug-likeness (QED) is 0.558. The molecule has 0 amide bonds. The van der Waals surface area contributed by atoms with Crippen LogP contribution in [0.1, 0.15) is 35.9 Å². The first kappa shape index (κ1) is 22.5. The van der Waals surface area contributed by atoms with Crippen LogP contribution < -0.4 is 5.32 Å². The van der Waals surface area contributed by atoms with E-state index < -0.39 is 24.1 Å². The normalized spacial score (nSPS) is 26.3. The maximum Gasteiger partial charge on any atom is 0.272 e. The molecular weight excluding hydrogens is 483 g/mol. The molecule has 12 heteroatoms. The van der Waals surface area contributed by atoms with Gasteiger partial charge in [-0.15, -0.1) is 0 Å². The number of likely N-dealkylation sites (tertiary alicyclic amines) is 1. The molecule has 3 atom stereocenters. The van der Waals surface area contributed by atoms with Crippen molar-refractivity contribution in [2.75, 3.05) is 31.6 Å². The van der Waals surface area contributed by atoms with Gasteiger partial charge in [0.2, 0.25) is 5.95 Å². The summed E-state index contributed by atoms with van der Waals surface area (Å²) in [5, 5.41) is 17.3. The van der Waals surface area contributed by atoms with E-state index in [1.54, 1.807) is 18.3 Å². The lowest BCUT2D eigenvalue weighted by Crippen LogP contribution is -2.54. The van der Waals surface area contributed by atoms with Gasteiger partial charge < -0.3 is 10.1 Å². The first-order chi connectivity index (χ1) is 16.8. The zero-order valence-corrected chi connectivity index (χ0v) is 19.2. The van der Waals surface area contributed by atoms with Gasteiger partial charge in [-0.25, -0.2) is 27.8 Å². The number of benzene rings is 1. The molecule has 2 saturated heterocycles. The van der Waals surface area contributed by atoms with E-state index >= 15 is 4.39 Å². The minimum atomic E-state index is -2.81. The fourth-order valence-corrected chi connectivity index (χ4v) is 5.09. The highest BCUT2D eigenvalue weighted by molar-refractivity contribution is 6.32. The van der Waals surface area contributed by atoms with E-state index in [1.807, 2.05) is 0 Å². The average Bonchev–Trinajstić information content (AvgIpc) is 3.28. The van der Waals surface area contributed by atoms with Crippen LogP contribution in [0.15, 0.2) is 24.5 Å². The lowest BCUT2D eigenvalue weighted by molar-refractivity contribution is -0.0807. The summed E-state index contributed by atoms with van der Waals surface area (Å²) < 4.78 is 48.4. The summed E-state index contributed by atoms with van der Waals surface area (Å²) in [5.74, 6) is -3.03. The van der Waals surface area contributed by atoms with Gasteiger partial charge in [0, 0.05) is 30.5 Å². The Kier molecular flexibility index (Phi) is 5.36. The van der Waals surface area contributed by atoms with Crippen LogP contribution in [0.25, 0.3) is 10.9 Å². The summed E-state index contributed by atoms with van der Waals surface area (Å²) in [6.45, 7) is 2.31. The summed E-state index contributed by atoms with van der Waals surface area (Å²) in [4.78, 5) is 10.9. The SMILES string of the molecule is N#Cc1cc2cnc(Nc3cnn(C4CC4(F)F)c3Cl)nc2cc1C1CCN(C2COC2)CC1F. The van der Waals surface area contributed by atoms with Gasteiger partial charge >= 0.3 is 0 Å². The minimum Gasteiger partial charge on any atom is -0.378 e. The minimum absolute atomic E-state index is 0.0419. The number of anilines is 2. The van der Waals surface area contributed by atoms with Crippen LogP contribution in [-0.2, 0) is 4.74 Å². The number of rotatable bonds is 5. The van der Waals surface area contributed by atoms with E-state index in [-0.39, 0.29) is 23.6 Å². The van der Waals surface area contributed by atoms with E-state index in [4.69, 9.17) is 16.3 Å². The van der Waals surface area contributed by atoms with Crippen molar-refractivity contribution in [2.24, 2.45) is 0 Å². The topological polar surface area (TPSA) is 91.9 Å². The number of nitrogens with zero attached hydrogens (tertiary/aromatic N) is 6. The molecule has 2 aromatic heterocycles. The summed E-state index contributed by atoms with van der Waals surface area (Å²) in [7, 11) is 0. The number of halogens is 4. The highest BCUT2D eigenvalue weighted by Gasteiger charge is 2.59. The maximum atomic E-state index is 15.2. The van der Waals surface area contributed by atoms with Crippen LogP contribution in [0.2, 0.25) is 5.15 Å². The number of alkyl halides is 3. The third-order valence-corrected chi connectivity index (χ3v) is 7.43. The number of hydrogen-bond donors (Lipinski definition) is 1. The molecule has 4 heterocycles. The van der Waals surface area contributed by atoms with Crippen molar-refractivity contribution < 1.29 is 17.9 Å². The third-order valence-electron chi connectivity index (χ3n) is 7.05. The summed E-state index contributed by atoms with van der Waals surface area (Å²) in [5.41, 5.74) is 1.88. The summed E-state index contributed by atoms with van der Waals surface area (Å²) in [6, 6.07) is 4.83. The fraction of sp³-hybridized carbons (Fsp3) is 0.478. The monoisotopic (exact) mass is 503 g/mol. The number of ether oxygens (including phenoxy) is 1. The highest BCUT2D eigenvalue weighted by Crippen LogP contribution is 2.53. The molecule has 3 unspecified atom stereocenters. The smallest absolute Gasteiger partial charge is 0.272 e. The Morgan fingerprint density at radius 1 is 1.26 bits per heavy atom. The van der Waals surface area contributed by atoms with Crippen molar-refractivity contribution in [3.8, 4) is 6.07 Å². The second kappa shape index (κ2) is 8.33. The molecule has 3 fully saturated rings. The zero-order valence-electron chi connectivity index (χ0n) is 18.5. The standard InChI is InChI=1S/C23H21ClF3N7O/c24-21-19(8-30-34(21)20-5-23(20,26)27)32-22-29-7-13-3-12(6-28)16(4-18(13)31-22)15-1-2-33(9-17(15)25)14-10-35-11-14/h3-4,7-8,14-15,17,20H,1-2,5,9-11H2,(H,29,31,32). The number of hydrogen-bond acceptors (Lipinski definition) is 7. The molecule has 6 rings (SSSR count). The van der Waals surface area contributed by atoms with Gasteiger partial charge in [-0.2, -0.15) is 10.4 Å². The molecule has 182 valence electrons. The van der Waals surface area contributed by atoms with E-state index in [1.165, 1.54) is 6.20 Å². The Balaban J connectivity index is 1.26. The van der Waals surface area contributed by atoms with Crippen LogP contribution >= 0.6 is 11.6 Å². The van der Waals surface area contributed by atoms with E-state index in [2.05, 4.69) is 31.4 Å². The van der Waals surface area contributed by atoms with Gasteiger partial charge in [0.15, 0.2) is 5.15 Å². The number of fused-ring (bicyclic) bond motifs is 1. The van der Waals surface area contributed by atoms with Crippen LogP contribution in [0.4, 0.5) is 24.8 Å². The van der Waals surface area contributed by atoms with Crippen molar-refractivity contribution in [1.82, 2.24) is 24.6 Å². The second-order valence-corrected chi connectivity index (χ2v) is 9.66. The lowest BCUT2D eigenvalue weighted by atomic mass is 9.84. The van der Waals surface area contributed by atoms with Crippen molar-refractivity contribution in [3.63, 3.8) is 0 Å². The van der Waals surface area contributed by atoms with Crippen LogP contribution in [0, 0.1) is 11.3 Å². The van der Waals surface area contributed by atoms with Gasteiger partial charge in [0.25, 0.3) is 5.92 Å². The maximum absolute atomic E-state index is 15.2. The van der Waals surface area contributed by atoms with E-state index in [0.717, 1.165) is 11.2 Å². The molecule has 35 heavy (non-hydrogen) atoms. The molecule has 0 spiro atoms. The Morgan fingerprint density at radius 2 is 2.06 bits per heavy atom. The predicted molar refractivity (Wildman–Crippen MR) is 122 cm³/mol. The summed E-state index contributed by atoms with van der Waals surface area (Å²) in [6.07, 6.45) is 2.08. The molecule has 3 aromatic rings. The molecular formula is C23H21ClF3N7O. The Labute approximate surface area is 203 Å². The van der Waals surface area contributed by atoms with Gasteiger partial charge in [-0.05, 0) is 30.7 Å². The zero-order chi connectivity index (χ0) is 24.3. The second-order valence-electron chi connectivity index (χ2n) is 9.30. The largest absolute Gasteiger partial charge is 0.378 e. The lowest BCUT2D eigenvalue weighted by Gasteiger charge is -2.43. The van der Waals surface area contributed by atoms with E-state index in [0.29, 0.717) is 53.9 Å². The molecule has 8 nitrogen and oxygen atoms in total. The van der Waals surface area contributed by atoms with Gasteiger partial charge in [-0.1, -0.05) is 11.6 Å². The van der Waals surface area contributed by atoms with Crippen LogP contribution in [-0.4, -0.2) is 69.1 Å².